The van der Waals surface area contributed by atoms with Crippen molar-refractivity contribution in [3.05, 3.63) is 0 Å². The zero-order valence-electron chi connectivity index (χ0n) is 11.2. The Morgan fingerprint density at radius 2 is 1.69 bits per heavy atom. The second kappa shape index (κ2) is 10.9. The fourth-order valence-corrected chi connectivity index (χ4v) is 0.982. The van der Waals surface area contributed by atoms with E-state index in [1.807, 2.05) is 25.9 Å². The van der Waals surface area contributed by atoms with Crippen LogP contribution in [0.25, 0.3) is 0 Å². The van der Waals surface area contributed by atoms with Gasteiger partial charge in [0.1, 0.15) is 0 Å². The van der Waals surface area contributed by atoms with Gasteiger partial charge >= 0.3 is 0 Å². The summed E-state index contributed by atoms with van der Waals surface area (Å²) in [6.07, 6.45) is 2.31. The Bertz CT molecular complexity index is 182. The summed E-state index contributed by atoms with van der Waals surface area (Å²) < 4.78 is 10.8. The minimum atomic E-state index is 0.667. The molecule has 0 aliphatic heterocycles. The van der Waals surface area contributed by atoms with Crippen molar-refractivity contribution in [3.63, 3.8) is 0 Å². The van der Waals surface area contributed by atoms with Crippen LogP contribution in [0.4, 0.5) is 0 Å². The molecule has 0 aromatic rings. The summed E-state index contributed by atoms with van der Waals surface area (Å²) in [6.45, 7) is 7.74. The molecule has 0 rings (SSSR count). The Morgan fingerprint density at radius 3 is 2.25 bits per heavy atom. The van der Waals surface area contributed by atoms with Gasteiger partial charge in [0.2, 0.25) is 0 Å². The number of aliphatic imine (C=N–C) groups is 1. The fraction of sp³-hybridized carbons (Fsp3) is 0.917. The largest absolute Gasteiger partial charge is 0.379 e. The van der Waals surface area contributed by atoms with Crippen molar-refractivity contribution in [2.24, 2.45) is 4.99 Å². The molecule has 4 heteroatoms. The van der Waals surface area contributed by atoms with E-state index in [4.69, 9.17) is 9.47 Å². The molecule has 0 aromatic carbocycles. The molecule has 0 aromatic heterocycles. The third kappa shape index (κ3) is 9.93. The highest BCUT2D eigenvalue weighted by molar-refractivity contribution is 5.79. The number of nitrogens with zero attached hydrogens (tertiary/aromatic N) is 2. The zero-order valence-corrected chi connectivity index (χ0v) is 11.2. The molecule has 0 radical (unpaired) electrons. The van der Waals surface area contributed by atoms with Crippen LogP contribution in [-0.4, -0.2) is 57.8 Å². The summed E-state index contributed by atoms with van der Waals surface area (Å²) in [5.41, 5.74) is 0. The molecule has 96 valence electrons. The molecule has 16 heavy (non-hydrogen) atoms. The van der Waals surface area contributed by atoms with Gasteiger partial charge < -0.3 is 14.4 Å². The van der Waals surface area contributed by atoms with Crippen molar-refractivity contribution in [3.8, 4) is 0 Å². The van der Waals surface area contributed by atoms with Crippen LogP contribution < -0.4 is 0 Å². The first-order chi connectivity index (χ1) is 7.68. The Kier molecular flexibility index (Phi) is 10.5. The minimum Gasteiger partial charge on any atom is -0.379 e. The van der Waals surface area contributed by atoms with Crippen LogP contribution >= 0.6 is 0 Å². The highest BCUT2D eigenvalue weighted by Gasteiger charge is 1.92. The lowest BCUT2D eigenvalue weighted by molar-refractivity contribution is 0.0497. The Morgan fingerprint density at radius 1 is 1.06 bits per heavy atom. The van der Waals surface area contributed by atoms with Gasteiger partial charge in [-0.3, -0.25) is 4.99 Å². The second-order valence-electron chi connectivity index (χ2n) is 3.90. The highest BCUT2D eigenvalue weighted by atomic mass is 16.5. The molecule has 0 bridgehead atoms. The van der Waals surface area contributed by atoms with Gasteiger partial charge in [0, 0.05) is 20.7 Å². The Hall–Kier alpha value is -0.610. The van der Waals surface area contributed by atoms with Crippen molar-refractivity contribution in [1.82, 2.24) is 4.90 Å². The maximum absolute atomic E-state index is 5.39. The zero-order chi connectivity index (χ0) is 12.2. The molecular weight excluding hydrogens is 204 g/mol. The normalized spacial score (nSPS) is 11.9. The van der Waals surface area contributed by atoms with E-state index >= 15 is 0 Å². The lowest BCUT2D eigenvalue weighted by Gasteiger charge is -2.11. The van der Waals surface area contributed by atoms with Crippen molar-refractivity contribution in [2.45, 2.75) is 26.7 Å². The molecule has 0 unspecified atom stereocenters. The maximum atomic E-state index is 5.39. The topological polar surface area (TPSA) is 34.1 Å². The SMILES string of the molecule is CCCCOCCOCCN=C(C)N(C)C. The number of unbranched alkanes of at least 4 members (excludes halogenated alkanes) is 1. The number of amidine groups is 1. The summed E-state index contributed by atoms with van der Waals surface area (Å²) in [4.78, 5) is 6.34. The summed E-state index contributed by atoms with van der Waals surface area (Å²) in [6, 6.07) is 0. The van der Waals surface area contributed by atoms with Gasteiger partial charge in [0.05, 0.1) is 32.2 Å². The lowest BCUT2D eigenvalue weighted by atomic mass is 10.4. The molecule has 0 saturated carbocycles. The molecule has 0 amide bonds. The standard InChI is InChI=1S/C12H26N2O2/c1-5-6-8-15-10-11-16-9-7-13-12(2)14(3)4/h5-11H2,1-4H3. The molecule has 0 aliphatic rings. The summed E-state index contributed by atoms with van der Waals surface area (Å²) >= 11 is 0. The first-order valence-electron chi connectivity index (χ1n) is 6.02. The van der Waals surface area contributed by atoms with Crippen LogP contribution in [0.3, 0.4) is 0 Å². The maximum Gasteiger partial charge on any atom is 0.0953 e. The number of ether oxygens (including phenoxy) is 2. The van der Waals surface area contributed by atoms with E-state index in [2.05, 4.69) is 11.9 Å². The third-order valence-electron chi connectivity index (χ3n) is 2.24. The molecule has 0 N–H and O–H groups in total. The second-order valence-corrected chi connectivity index (χ2v) is 3.90. The molecule has 0 atom stereocenters. The molecule has 4 nitrogen and oxygen atoms in total. The third-order valence-corrected chi connectivity index (χ3v) is 2.24. The lowest BCUT2D eigenvalue weighted by Crippen LogP contribution is -2.19. The molecule has 0 saturated heterocycles. The van der Waals surface area contributed by atoms with E-state index in [0.717, 1.165) is 25.4 Å². The van der Waals surface area contributed by atoms with E-state index in [9.17, 15) is 0 Å². The Balaban J connectivity index is 3.18. The summed E-state index contributed by atoms with van der Waals surface area (Å²) in [7, 11) is 3.97. The summed E-state index contributed by atoms with van der Waals surface area (Å²) in [5.74, 6) is 1.03. The van der Waals surface area contributed by atoms with Crippen LogP contribution in [0, 0.1) is 0 Å². The van der Waals surface area contributed by atoms with Gasteiger partial charge in [-0.2, -0.15) is 0 Å². The highest BCUT2D eigenvalue weighted by Crippen LogP contribution is 1.88. The Labute approximate surface area is 99.6 Å². The van der Waals surface area contributed by atoms with Crippen LogP contribution in [0.1, 0.15) is 26.7 Å². The van der Waals surface area contributed by atoms with E-state index in [0.29, 0.717) is 19.8 Å². The van der Waals surface area contributed by atoms with Gasteiger partial charge in [-0.25, -0.2) is 0 Å². The first kappa shape index (κ1) is 15.4. The van der Waals surface area contributed by atoms with Crippen molar-refractivity contribution in [1.29, 1.82) is 0 Å². The van der Waals surface area contributed by atoms with Crippen LogP contribution in [-0.2, 0) is 9.47 Å². The fourth-order valence-electron chi connectivity index (χ4n) is 0.982. The molecule has 0 spiro atoms. The monoisotopic (exact) mass is 230 g/mol. The van der Waals surface area contributed by atoms with E-state index < -0.39 is 0 Å². The average molecular weight is 230 g/mol. The van der Waals surface area contributed by atoms with Gasteiger partial charge in [-0.15, -0.1) is 0 Å². The molecule has 0 aliphatic carbocycles. The van der Waals surface area contributed by atoms with Crippen LogP contribution in [0.15, 0.2) is 4.99 Å². The number of rotatable bonds is 9. The van der Waals surface area contributed by atoms with Crippen LogP contribution in [0.2, 0.25) is 0 Å². The molecule has 0 fully saturated rings. The molecule has 0 heterocycles. The minimum absolute atomic E-state index is 0.667. The first-order valence-corrected chi connectivity index (χ1v) is 6.02. The molecular formula is C12H26N2O2. The van der Waals surface area contributed by atoms with Gasteiger partial charge in [-0.05, 0) is 13.3 Å². The van der Waals surface area contributed by atoms with Gasteiger partial charge in [-0.1, -0.05) is 13.3 Å². The van der Waals surface area contributed by atoms with E-state index in [1.54, 1.807) is 0 Å². The van der Waals surface area contributed by atoms with Crippen molar-refractivity contribution < 1.29 is 9.47 Å². The predicted octanol–water partition coefficient (Wildman–Crippen LogP) is 1.80. The quantitative estimate of drug-likeness (QED) is 0.344. The number of hydrogen-bond acceptors (Lipinski definition) is 3. The van der Waals surface area contributed by atoms with E-state index in [-0.39, 0.29) is 0 Å². The van der Waals surface area contributed by atoms with Crippen molar-refractivity contribution in [2.75, 3.05) is 47.1 Å². The summed E-state index contributed by atoms with van der Waals surface area (Å²) in [5, 5.41) is 0. The van der Waals surface area contributed by atoms with Crippen LogP contribution in [0.5, 0.6) is 0 Å². The van der Waals surface area contributed by atoms with E-state index in [1.165, 1.54) is 6.42 Å². The van der Waals surface area contributed by atoms with Gasteiger partial charge in [0.15, 0.2) is 0 Å². The number of hydrogen-bond donors (Lipinski definition) is 0. The van der Waals surface area contributed by atoms with Gasteiger partial charge in [0.25, 0.3) is 0 Å². The smallest absolute Gasteiger partial charge is 0.0953 e. The average Bonchev–Trinajstić information content (AvgIpc) is 2.26. The predicted molar refractivity (Wildman–Crippen MR) is 68.2 cm³/mol. The van der Waals surface area contributed by atoms with Crippen molar-refractivity contribution >= 4 is 5.84 Å².